The number of amides is 2. The van der Waals surface area contributed by atoms with Crippen molar-refractivity contribution in [3.05, 3.63) is 58.6 Å². The lowest BCUT2D eigenvalue weighted by Gasteiger charge is -2.27. The van der Waals surface area contributed by atoms with Crippen molar-refractivity contribution in [2.45, 2.75) is 13.0 Å². The summed E-state index contributed by atoms with van der Waals surface area (Å²) in [6.45, 7) is 4.47. The second-order valence-corrected chi connectivity index (χ2v) is 8.24. The smallest absolute Gasteiger partial charge is 0.321 e. The molecule has 2 aromatic carbocycles. The minimum Gasteiger partial charge on any atom is -0.497 e. The van der Waals surface area contributed by atoms with Gasteiger partial charge < -0.3 is 15.0 Å². The number of likely N-dealkylation sites (tertiary alicyclic amines) is 2. The number of methoxy groups -OCH3 is 1. The van der Waals surface area contributed by atoms with Gasteiger partial charge in [0.05, 0.1) is 7.11 Å². The zero-order chi connectivity index (χ0) is 19.8. The number of carbonyl (C=O) groups excluding carboxylic acids is 1. The standard InChI is InChI=1S/C22H26ClN3O2.ClH/c1-14-19(23)5-4-6-20(14)24-22(27)26-12-16-11-25(2)21(18(16)13-26)15-7-9-17(28-3)10-8-15;/h4-10,16,18,21H,11-13H2,1-3H3,(H,24,27);1H/t16-,18+,21+;/m0./s1. The number of ether oxygens (including phenoxy) is 1. The zero-order valence-electron chi connectivity index (χ0n) is 16.9. The van der Waals surface area contributed by atoms with Gasteiger partial charge in [-0.1, -0.05) is 29.8 Å². The molecule has 2 aliphatic heterocycles. The summed E-state index contributed by atoms with van der Waals surface area (Å²) >= 11 is 6.18. The molecular formula is C22H27Cl2N3O2. The SMILES string of the molecule is COc1ccc([C@@H]2[C@@H]3CN(C(=O)Nc4cccc(Cl)c4C)C[C@@H]3CN2C)cc1.Cl. The second kappa shape index (κ2) is 8.82. The molecule has 4 rings (SSSR count). The van der Waals surface area contributed by atoms with Crippen LogP contribution < -0.4 is 10.1 Å². The molecule has 0 aliphatic carbocycles. The van der Waals surface area contributed by atoms with Gasteiger partial charge in [0.25, 0.3) is 0 Å². The van der Waals surface area contributed by atoms with Gasteiger partial charge in [0, 0.05) is 42.3 Å². The normalized spacial score (nSPS) is 23.4. The van der Waals surface area contributed by atoms with Gasteiger partial charge in [0.1, 0.15) is 5.75 Å². The second-order valence-electron chi connectivity index (χ2n) is 7.83. The van der Waals surface area contributed by atoms with Crippen LogP contribution in [0.2, 0.25) is 5.02 Å². The molecule has 2 aliphatic rings. The average Bonchev–Trinajstić information content (AvgIpc) is 3.22. The molecule has 0 aromatic heterocycles. The molecule has 3 atom stereocenters. The summed E-state index contributed by atoms with van der Waals surface area (Å²) in [7, 11) is 3.86. The third kappa shape index (κ3) is 4.18. The fourth-order valence-electron chi connectivity index (χ4n) is 4.66. The maximum Gasteiger partial charge on any atom is 0.321 e. The van der Waals surface area contributed by atoms with Crippen LogP contribution >= 0.6 is 24.0 Å². The molecule has 7 heteroatoms. The van der Waals surface area contributed by atoms with Crippen molar-refractivity contribution >= 4 is 35.7 Å². The average molecular weight is 436 g/mol. The van der Waals surface area contributed by atoms with Gasteiger partial charge in [-0.25, -0.2) is 4.79 Å². The van der Waals surface area contributed by atoms with E-state index in [2.05, 4.69) is 29.4 Å². The highest BCUT2D eigenvalue weighted by molar-refractivity contribution is 6.31. The Balaban J connectivity index is 0.00000240. The van der Waals surface area contributed by atoms with E-state index in [0.717, 1.165) is 36.6 Å². The van der Waals surface area contributed by atoms with Crippen molar-refractivity contribution < 1.29 is 9.53 Å². The van der Waals surface area contributed by atoms with Crippen LogP contribution in [0.3, 0.4) is 0 Å². The number of benzene rings is 2. The number of nitrogens with zero attached hydrogens (tertiary/aromatic N) is 2. The first-order valence-electron chi connectivity index (χ1n) is 9.63. The van der Waals surface area contributed by atoms with Crippen LogP contribution in [0.25, 0.3) is 0 Å². The predicted octanol–water partition coefficient (Wildman–Crippen LogP) is 4.85. The molecule has 2 amide bonds. The fraction of sp³-hybridized carbons (Fsp3) is 0.409. The minimum absolute atomic E-state index is 0. The van der Waals surface area contributed by atoms with E-state index in [-0.39, 0.29) is 18.4 Å². The number of carbonyl (C=O) groups is 1. The molecule has 0 spiro atoms. The van der Waals surface area contributed by atoms with E-state index in [1.165, 1.54) is 5.56 Å². The van der Waals surface area contributed by atoms with Crippen molar-refractivity contribution in [1.29, 1.82) is 0 Å². The van der Waals surface area contributed by atoms with Gasteiger partial charge in [-0.3, -0.25) is 4.90 Å². The van der Waals surface area contributed by atoms with Gasteiger partial charge in [-0.2, -0.15) is 0 Å². The van der Waals surface area contributed by atoms with Crippen molar-refractivity contribution in [2.24, 2.45) is 11.8 Å². The maximum atomic E-state index is 12.9. The van der Waals surface area contributed by atoms with E-state index in [4.69, 9.17) is 16.3 Å². The first-order valence-corrected chi connectivity index (χ1v) is 10.0. The number of nitrogens with one attached hydrogen (secondary N) is 1. The Morgan fingerprint density at radius 2 is 1.86 bits per heavy atom. The van der Waals surface area contributed by atoms with Crippen molar-refractivity contribution in [2.75, 3.05) is 39.1 Å². The summed E-state index contributed by atoms with van der Waals surface area (Å²) in [6, 6.07) is 14.2. The summed E-state index contributed by atoms with van der Waals surface area (Å²) in [5.41, 5.74) is 2.95. The third-order valence-corrected chi connectivity index (χ3v) is 6.56. The first-order chi connectivity index (χ1) is 13.5. The summed E-state index contributed by atoms with van der Waals surface area (Å²) in [5.74, 6) is 1.79. The van der Waals surface area contributed by atoms with Crippen LogP contribution in [-0.4, -0.2) is 49.6 Å². The summed E-state index contributed by atoms with van der Waals surface area (Å²) < 4.78 is 5.28. The fourth-order valence-corrected chi connectivity index (χ4v) is 4.84. The van der Waals surface area contributed by atoms with Crippen molar-refractivity contribution in [3.8, 4) is 5.75 Å². The molecule has 2 aromatic rings. The lowest BCUT2D eigenvalue weighted by atomic mass is 9.89. The van der Waals surface area contributed by atoms with Crippen LogP contribution in [0, 0.1) is 18.8 Å². The molecule has 156 valence electrons. The monoisotopic (exact) mass is 435 g/mol. The highest BCUT2D eigenvalue weighted by atomic mass is 35.5. The number of fused-ring (bicyclic) bond motifs is 1. The number of urea groups is 1. The van der Waals surface area contributed by atoms with Crippen LogP contribution in [0.4, 0.5) is 10.5 Å². The molecule has 5 nitrogen and oxygen atoms in total. The number of hydrogen-bond donors (Lipinski definition) is 1. The Labute approximate surface area is 183 Å². The van der Waals surface area contributed by atoms with Crippen molar-refractivity contribution in [1.82, 2.24) is 9.80 Å². The van der Waals surface area contributed by atoms with Crippen molar-refractivity contribution in [3.63, 3.8) is 0 Å². The Morgan fingerprint density at radius 3 is 2.55 bits per heavy atom. The topological polar surface area (TPSA) is 44.8 Å². The number of halogens is 2. The quantitative estimate of drug-likeness (QED) is 0.749. The third-order valence-electron chi connectivity index (χ3n) is 6.15. The highest BCUT2D eigenvalue weighted by Crippen LogP contribution is 2.44. The Bertz CT molecular complexity index is 875. The van der Waals surface area contributed by atoms with Gasteiger partial charge in [-0.15, -0.1) is 12.4 Å². The van der Waals surface area contributed by atoms with E-state index >= 15 is 0 Å². The number of hydrogen-bond acceptors (Lipinski definition) is 3. The van der Waals surface area contributed by atoms with Crippen LogP contribution in [-0.2, 0) is 0 Å². The molecule has 0 radical (unpaired) electrons. The summed E-state index contributed by atoms with van der Waals surface area (Å²) in [6.07, 6.45) is 0. The molecule has 2 heterocycles. The Hall–Kier alpha value is -1.95. The molecule has 2 saturated heterocycles. The van der Waals surface area contributed by atoms with E-state index in [0.29, 0.717) is 22.9 Å². The molecule has 0 unspecified atom stereocenters. The largest absolute Gasteiger partial charge is 0.497 e. The molecular weight excluding hydrogens is 409 g/mol. The maximum absolute atomic E-state index is 12.9. The molecule has 0 saturated carbocycles. The van der Waals surface area contributed by atoms with Gasteiger partial charge in [0.2, 0.25) is 0 Å². The van der Waals surface area contributed by atoms with Gasteiger partial charge in [-0.05, 0) is 55.3 Å². The molecule has 1 N–H and O–H groups in total. The minimum atomic E-state index is -0.0455. The van der Waals surface area contributed by atoms with E-state index < -0.39 is 0 Å². The van der Waals surface area contributed by atoms with Crippen LogP contribution in [0.1, 0.15) is 17.2 Å². The van der Waals surface area contributed by atoms with Crippen LogP contribution in [0.5, 0.6) is 5.75 Å². The van der Waals surface area contributed by atoms with E-state index in [9.17, 15) is 4.79 Å². The predicted molar refractivity (Wildman–Crippen MR) is 119 cm³/mol. The number of anilines is 1. The van der Waals surface area contributed by atoms with E-state index in [1.807, 2.05) is 42.2 Å². The molecule has 2 fully saturated rings. The lowest BCUT2D eigenvalue weighted by Crippen LogP contribution is -2.36. The van der Waals surface area contributed by atoms with E-state index in [1.54, 1.807) is 7.11 Å². The summed E-state index contributed by atoms with van der Waals surface area (Å²) in [5, 5.41) is 3.70. The molecule has 0 bridgehead atoms. The Morgan fingerprint density at radius 1 is 1.14 bits per heavy atom. The first kappa shape index (κ1) is 21.8. The van der Waals surface area contributed by atoms with Crippen LogP contribution in [0.15, 0.2) is 42.5 Å². The highest BCUT2D eigenvalue weighted by Gasteiger charge is 2.47. The van der Waals surface area contributed by atoms with Gasteiger partial charge in [0.15, 0.2) is 0 Å². The van der Waals surface area contributed by atoms with Gasteiger partial charge >= 0.3 is 6.03 Å². The molecule has 29 heavy (non-hydrogen) atoms. The lowest BCUT2D eigenvalue weighted by molar-refractivity contribution is 0.206. The zero-order valence-corrected chi connectivity index (χ0v) is 18.5. The summed E-state index contributed by atoms with van der Waals surface area (Å²) in [4.78, 5) is 17.2. The number of rotatable bonds is 3. The Kier molecular flexibility index (Phi) is 6.62.